The minimum atomic E-state index is -0.0967. The first-order valence-corrected chi connectivity index (χ1v) is 7.30. The largest absolute Gasteiger partial charge is 0.300 e. The summed E-state index contributed by atoms with van der Waals surface area (Å²) in [6.07, 6.45) is 1.24. The van der Waals surface area contributed by atoms with Crippen molar-refractivity contribution >= 4 is 23.4 Å². The first-order valence-electron chi connectivity index (χ1n) is 6.36. The normalized spacial score (nSPS) is 19.4. The van der Waals surface area contributed by atoms with E-state index in [0.29, 0.717) is 24.3 Å². The van der Waals surface area contributed by atoms with Gasteiger partial charge in [0.2, 0.25) is 0 Å². The van der Waals surface area contributed by atoms with Crippen molar-refractivity contribution in [2.45, 2.75) is 38.0 Å². The number of hydrogen-bond acceptors (Lipinski definition) is 5. The molecule has 4 nitrogen and oxygen atoms in total. The molecule has 0 spiro atoms. The van der Waals surface area contributed by atoms with Gasteiger partial charge in [-0.1, -0.05) is 24.1 Å². The maximum atomic E-state index is 11.5. The van der Waals surface area contributed by atoms with Gasteiger partial charge in [-0.25, -0.2) is 4.31 Å². The molecule has 0 amide bonds. The molecule has 1 aliphatic heterocycles. The summed E-state index contributed by atoms with van der Waals surface area (Å²) in [4.78, 5) is 22.0. The van der Waals surface area contributed by atoms with E-state index in [2.05, 4.69) is 23.3 Å². The lowest BCUT2D eigenvalue weighted by Gasteiger charge is -2.40. The molecule has 2 rings (SSSR count). The van der Waals surface area contributed by atoms with Crippen molar-refractivity contribution in [2.75, 3.05) is 6.54 Å². The number of nitroso groups, excluding NO2 is 1. The van der Waals surface area contributed by atoms with Crippen molar-refractivity contribution in [3.63, 3.8) is 0 Å². The minimum Gasteiger partial charge on any atom is -0.300 e. The molecule has 1 aromatic rings. The number of piperidine rings is 1. The van der Waals surface area contributed by atoms with Crippen LogP contribution in [0.1, 0.15) is 32.3 Å². The third-order valence-electron chi connectivity index (χ3n) is 3.30. The van der Waals surface area contributed by atoms with Gasteiger partial charge in [0.05, 0.1) is 0 Å². The van der Waals surface area contributed by atoms with Gasteiger partial charge in [-0.2, -0.15) is 0 Å². The second-order valence-electron chi connectivity index (χ2n) is 5.41. The molecule has 1 aromatic carbocycles. The third-order valence-corrected chi connectivity index (χ3v) is 4.75. The molecule has 5 heteroatoms. The van der Waals surface area contributed by atoms with Crippen LogP contribution in [0.2, 0.25) is 0 Å². The first kappa shape index (κ1) is 14.2. The summed E-state index contributed by atoms with van der Waals surface area (Å²) in [6.45, 7) is 4.99. The SMILES string of the molecule is CC1(C)CC(=O)CCN1SCc1cccc(N=O)c1. The summed E-state index contributed by atoms with van der Waals surface area (Å²) in [5, 5.41) is 2.95. The highest BCUT2D eigenvalue weighted by molar-refractivity contribution is 7.96. The van der Waals surface area contributed by atoms with Crippen molar-refractivity contribution in [1.29, 1.82) is 0 Å². The van der Waals surface area contributed by atoms with E-state index < -0.39 is 0 Å². The van der Waals surface area contributed by atoms with Crippen molar-refractivity contribution in [2.24, 2.45) is 5.18 Å². The number of Topliss-reactive ketones (excluding diaryl/α,β-unsaturated/α-hetero) is 1. The molecule has 19 heavy (non-hydrogen) atoms. The zero-order valence-electron chi connectivity index (χ0n) is 11.3. The lowest BCUT2D eigenvalue weighted by atomic mass is 9.92. The van der Waals surface area contributed by atoms with E-state index in [0.717, 1.165) is 17.9 Å². The van der Waals surface area contributed by atoms with Gasteiger partial charge in [0.25, 0.3) is 0 Å². The van der Waals surface area contributed by atoms with Crippen LogP contribution in [-0.4, -0.2) is 22.2 Å². The summed E-state index contributed by atoms with van der Waals surface area (Å²) in [7, 11) is 0. The first-order chi connectivity index (χ1) is 9.01. The summed E-state index contributed by atoms with van der Waals surface area (Å²) in [5.74, 6) is 1.13. The summed E-state index contributed by atoms with van der Waals surface area (Å²) in [6, 6.07) is 7.34. The van der Waals surface area contributed by atoms with Crippen molar-refractivity contribution < 1.29 is 4.79 Å². The Kier molecular flexibility index (Phi) is 4.37. The Hall–Kier alpha value is -1.20. The van der Waals surface area contributed by atoms with Gasteiger partial charge < -0.3 is 0 Å². The quantitative estimate of drug-likeness (QED) is 0.622. The summed E-state index contributed by atoms with van der Waals surface area (Å²) >= 11 is 1.72. The summed E-state index contributed by atoms with van der Waals surface area (Å²) in [5.41, 5.74) is 1.45. The molecule has 0 bridgehead atoms. The number of hydrogen-bond donors (Lipinski definition) is 0. The Bertz CT molecular complexity index is 488. The Morgan fingerprint density at radius 2 is 2.21 bits per heavy atom. The van der Waals surface area contributed by atoms with E-state index in [1.807, 2.05) is 18.2 Å². The number of carbonyl (C=O) groups is 1. The fourth-order valence-electron chi connectivity index (χ4n) is 2.28. The second kappa shape index (κ2) is 5.84. The Labute approximate surface area is 117 Å². The lowest BCUT2D eigenvalue weighted by molar-refractivity contribution is -0.123. The molecule has 0 atom stereocenters. The van der Waals surface area contributed by atoms with Gasteiger partial charge in [0.1, 0.15) is 11.5 Å². The van der Waals surface area contributed by atoms with Crippen LogP contribution in [0, 0.1) is 4.91 Å². The van der Waals surface area contributed by atoms with Gasteiger partial charge in [-0.05, 0) is 36.7 Å². The average Bonchev–Trinajstić information content (AvgIpc) is 2.37. The van der Waals surface area contributed by atoms with Gasteiger partial charge >= 0.3 is 0 Å². The molecule has 1 heterocycles. The minimum absolute atomic E-state index is 0.0967. The number of benzene rings is 1. The second-order valence-corrected chi connectivity index (χ2v) is 6.40. The molecule has 102 valence electrons. The predicted octanol–water partition coefficient (Wildman–Crippen LogP) is 3.68. The molecule has 0 saturated carbocycles. The fourth-order valence-corrected chi connectivity index (χ4v) is 3.40. The van der Waals surface area contributed by atoms with Crippen LogP contribution in [-0.2, 0) is 10.5 Å². The zero-order chi connectivity index (χ0) is 13.9. The van der Waals surface area contributed by atoms with E-state index in [1.165, 1.54) is 0 Å². The van der Waals surface area contributed by atoms with Crippen LogP contribution < -0.4 is 0 Å². The molecule has 0 unspecified atom stereocenters. The number of ketones is 1. The third kappa shape index (κ3) is 3.64. The molecule has 1 aliphatic rings. The van der Waals surface area contributed by atoms with Crippen LogP contribution in [0.3, 0.4) is 0 Å². The number of carbonyl (C=O) groups excluding carboxylic acids is 1. The highest BCUT2D eigenvalue weighted by Gasteiger charge is 2.34. The number of nitrogens with zero attached hydrogens (tertiary/aromatic N) is 2. The average molecular weight is 278 g/mol. The molecule has 1 saturated heterocycles. The Balaban J connectivity index is 1.98. The van der Waals surface area contributed by atoms with E-state index in [9.17, 15) is 9.70 Å². The zero-order valence-corrected chi connectivity index (χ0v) is 12.1. The summed E-state index contributed by atoms with van der Waals surface area (Å²) < 4.78 is 2.27. The van der Waals surface area contributed by atoms with Crippen molar-refractivity contribution in [1.82, 2.24) is 4.31 Å². The molecule has 0 radical (unpaired) electrons. The highest BCUT2D eigenvalue weighted by atomic mass is 32.2. The van der Waals surface area contributed by atoms with Crippen molar-refractivity contribution in [3.8, 4) is 0 Å². The van der Waals surface area contributed by atoms with Crippen molar-refractivity contribution in [3.05, 3.63) is 34.7 Å². The molecular weight excluding hydrogens is 260 g/mol. The highest BCUT2D eigenvalue weighted by Crippen LogP contribution is 2.33. The van der Waals surface area contributed by atoms with Crippen LogP contribution in [0.15, 0.2) is 29.4 Å². The van der Waals surface area contributed by atoms with Crippen LogP contribution in [0.5, 0.6) is 0 Å². The molecule has 0 aliphatic carbocycles. The standard InChI is InChI=1S/C14H18N2O2S/c1-14(2)9-13(17)6-7-16(14)19-10-11-4-3-5-12(8-11)15-18/h3-5,8H,6-7,9-10H2,1-2H3. The maximum Gasteiger partial charge on any atom is 0.136 e. The van der Waals surface area contributed by atoms with E-state index in [-0.39, 0.29) is 5.54 Å². The molecule has 0 aromatic heterocycles. The molecular formula is C14H18N2O2S. The monoisotopic (exact) mass is 278 g/mol. The van der Waals surface area contributed by atoms with E-state index in [1.54, 1.807) is 18.0 Å². The Morgan fingerprint density at radius 3 is 2.89 bits per heavy atom. The molecule has 0 N–H and O–H groups in total. The number of rotatable bonds is 4. The van der Waals surface area contributed by atoms with Gasteiger partial charge in [-0.3, -0.25) is 4.79 Å². The molecule has 1 fully saturated rings. The maximum absolute atomic E-state index is 11.5. The van der Waals surface area contributed by atoms with E-state index in [4.69, 9.17) is 0 Å². The van der Waals surface area contributed by atoms with Gasteiger partial charge in [0, 0.05) is 30.7 Å². The van der Waals surface area contributed by atoms with Gasteiger partial charge in [0.15, 0.2) is 0 Å². The Morgan fingerprint density at radius 1 is 1.42 bits per heavy atom. The van der Waals surface area contributed by atoms with Crippen LogP contribution in [0.4, 0.5) is 5.69 Å². The predicted molar refractivity (Wildman–Crippen MR) is 78.2 cm³/mol. The topological polar surface area (TPSA) is 49.7 Å². The lowest BCUT2D eigenvalue weighted by Crippen LogP contribution is -2.46. The fraction of sp³-hybridized carbons (Fsp3) is 0.500. The van der Waals surface area contributed by atoms with Crippen LogP contribution >= 0.6 is 11.9 Å². The van der Waals surface area contributed by atoms with E-state index >= 15 is 0 Å². The van der Waals surface area contributed by atoms with Gasteiger partial charge in [-0.15, -0.1) is 4.91 Å². The van der Waals surface area contributed by atoms with Crippen LogP contribution in [0.25, 0.3) is 0 Å². The smallest absolute Gasteiger partial charge is 0.136 e.